The third-order valence-electron chi connectivity index (χ3n) is 4.42. The molecule has 2 heterocycles. The normalized spacial score (nSPS) is 40.4. The Morgan fingerprint density at radius 1 is 1.33 bits per heavy atom. The number of aromatic amines is 1. The van der Waals surface area contributed by atoms with Gasteiger partial charge in [-0.1, -0.05) is 0 Å². The lowest BCUT2D eigenvalue weighted by Gasteiger charge is -2.10. The molecule has 4 rings (SSSR count). The van der Waals surface area contributed by atoms with Crippen LogP contribution in [0.1, 0.15) is 32.0 Å². The Kier molecular flexibility index (Phi) is 2.06. The second-order valence-electron chi connectivity index (χ2n) is 5.64. The van der Waals surface area contributed by atoms with Crippen molar-refractivity contribution in [3.8, 4) is 0 Å². The summed E-state index contributed by atoms with van der Waals surface area (Å²) in [6, 6.07) is 0. The fourth-order valence-electron chi connectivity index (χ4n) is 3.30. The van der Waals surface area contributed by atoms with Crippen LogP contribution in [0.25, 0.3) is 5.70 Å². The Labute approximate surface area is 105 Å². The van der Waals surface area contributed by atoms with E-state index in [-0.39, 0.29) is 0 Å². The van der Waals surface area contributed by atoms with Gasteiger partial charge in [-0.3, -0.25) is 5.43 Å². The fraction of sp³-hybridized carbons (Fsp3) is 0.667. The first-order valence-electron chi connectivity index (χ1n) is 6.57. The van der Waals surface area contributed by atoms with Crippen molar-refractivity contribution in [2.24, 2.45) is 28.8 Å². The van der Waals surface area contributed by atoms with E-state index in [2.05, 4.69) is 44.3 Å². The smallest absolute Gasteiger partial charge is 0.222 e. The molecule has 18 heavy (non-hydrogen) atoms. The summed E-state index contributed by atoms with van der Waals surface area (Å²) in [5, 5.41) is 18.5. The van der Waals surface area contributed by atoms with E-state index in [1.807, 2.05) is 0 Å². The summed E-state index contributed by atoms with van der Waals surface area (Å²) in [5.74, 6) is 3.91. The van der Waals surface area contributed by atoms with E-state index in [0.717, 1.165) is 29.9 Å². The molecule has 0 saturated heterocycles. The molecular formula is C12H16N6. The average Bonchev–Trinajstić information content (AvgIpc) is 3.22. The van der Waals surface area contributed by atoms with Gasteiger partial charge in [0.25, 0.3) is 0 Å². The van der Waals surface area contributed by atoms with Crippen LogP contribution in [0.15, 0.2) is 10.7 Å². The SMILES string of the molecule is C/C1=C(/c2nn[nH]n2)N/N=C/C2C(C1)C2C1CC1. The number of H-pyrrole nitrogens is 1. The van der Waals surface area contributed by atoms with Gasteiger partial charge in [0.2, 0.25) is 5.82 Å². The minimum absolute atomic E-state index is 0.603. The highest BCUT2D eigenvalue weighted by molar-refractivity contribution is 5.70. The summed E-state index contributed by atoms with van der Waals surface area (Å²) < 4.78 is 0. The number of fused-ring (bicyclic) bond motifs is 1. The van der Waals surface area contributed by atoms with Crippen molar-refractivity contribution in [2.45, 2.75) is 26.2 Å². The first-order valence-corrected chi connectivity index (χ1v) is 6.57. The van der Waals surface area contributed by atoms with Crippen molar-refractivity contribution in [1.82, 2.24) is 26.0 Å². The zero-order valence-electron chi connectivity index (χ0n) is 10.3. The maximum atomic E-state index is 4.35. The lowest BCUT2D eigenvalue weighted by molar-refractivity contribution is 0.622. The van der Waals surface area contributed by atoms with Gasteiger partial charge in [-0.15, -0.1) is 10.2 Å². The number of hydrogen-bond donors (Lipinski definition) is 2. The lowest BCUT2D eigenvalue weighted by atomic mass is 10.1. The molecule has 3 atom stereocenters. The van der Waals surface area contributed by atoms with Gasteiger partial charge in [-0.2, -0.15) is 10.3 Å². The predicted molar refractivity (Wildman–Crippen MR) is 66.2 cm³/mol. The zero-order valence-corrected chi connectivity index (χ0v) is 10.3. The van der Waals surface area contributed by atoms with Crippen molar-refractivity contribution >= 4 is 11.9 Å². The molecule has 0 bridgehead atoms. The number of allylic oxidation sites excluding steroid dienone is 1. The maximum Gasteiger partial charge on any atom is 0.222 e. The van der Waals surface area contributed by atoms with Crippen molar-refractivity contribution in [3.05, 3.63) is 11.4 Å². The number of hydrogen-bond acceptors (Lipinski definition) is 5. The third kappa shape index (κ3) is 1.55. The van der Waals surface area contributed by atoms with Gasteiger partial charge in [0.15, 0.2) is 0 Å². The zero-order chi connectivity index (χ0) is 12.1. The molecule has 2 aliphatic carbocycles. The van der Waals surface area contributed by atoms with E-state index in [1.54, 1.807) is 0 Å². The molecule has 1 aliphatic heterocycles. The van der Waals surface area contributed by atoms with Crippen molar-refractivity contribution in [3.63, 3.8) is 0 Å². The molecule has 6 heteroatoms. The molecule has 2 N–H and O–H groups in total. The summed E-state index contributed by atoms with van der Waals surface area (Å²) >= 11 is 0. The topological polar surface area (TPSA) is 78.8 Å². The molecule has 2 fully saturated rings. The number of nitrogens with zero attached hydrogens (tertiary/aromatic N) is 4. The van der Waals surface area contributed by atoms with E-state index in [1.165, 1.54) is 18.4 Å². The summed E-state index contributed by atoms with van der Waals surface area (Å²) in [6.07, 6.45) is 6.04. The molecule has 94 valence electrons. The van der Waals surface area contributed by atoms with Crippen LogP contribution in [-0.2, 0) is 0 Å². The molecule has 0 amide bonds. The average molecular weight is 244 g/mol. The standard InChI is InChI=1S/C12H16N6/c1-6-4-8-9(10(8)7-2-3-7)5-13-14-11(6)12-15-17-18-16-12/h5,7-10,14H,2-4H2,1H3,(H,15,16,17,18)/b11-6+,13-5+. The highest BCUT2D eigenvalue weighted by Crippen LogP contribution is 2.60. The third-order valence-corrected chi connectivity index (χ3v) is 4.42. The van der Waals surface area contributed by atoms with Crippen LogP contribution in [-0.4, -0.2) is 26.8 Å². The number of aromatic nitrogens is 4. The predicted octanol–water partition coefficient (Wildman–Crippen LogP) is 1.18. The largest absolute Gasteiger partial charge is 0.275 e. The van der Waals surface area contributed by atoms with E-state index in [0.29, 0.717) is 11.7 Å². The molecule has 6 nitrogen and oxygen atoms in total. The molecule has 1 aromatic heterocycles. The van der Waals surface area contributed by atoms with Crippen LogP contribution in [0.4, 0.5) is 0 Å². The van der Waals surface area contributed by atoms with Gasteiger partial charge in [0.1, 0.15) is 5.70 Å². The minimum Gasteiger partial charge on any atom is -0.275 e. The van der Waals surface area contributed by atoms with E-state index in [9.17, 15) is 0 Å². The monoisotopic (exact) mass is 244 g/mol. The molecule has 1 aromatic rings. The van der Waals surface area contributed by atoms with Crippen molar-refractivity contribution in [1.29, 1.82) is 0 Å². The Morgan fingerprint density at radius 2 is 2.22 bits per heavy atom. The summed E-state index contributed by atoms with van der Waals surface area (Å²) in [7, 11) is 0. The Hall–Kier alpha value is -1.72. The van der Waals surface area contributed by atoms with E-state index in [4.69, 9.17) is 0 Å². The minimum atomic E-state index is 0.603. The van der Waals surface area contributed by atoms with Crippen molar-refractivity contribution in [2.75, 3.05) is 0 Å². The van der Waals surface area contributed by atoms with Crippen LogP contribution in [0.2, 0.25) is 0 Å². The second-order valence-corrected chi connectivity index (χ2v) is 5.64. The number of rotatable bonds is 2. The number of nitrogens with one attached hydrogen (secondary N) is 2. The van der Waals surface area contributed by atoms with Crippen LogP contribution < -0.4 is 5.43 Å². The highest BCUT2D eigenvalue weighted by Gasteiger charge is 2.56. The maximum absolute atomic E-state index is 4.35. The molecular weight excluding hydrogens is 228 g/mol. The van der Waals surface area contributed by atoms with Crippen molar-refractivity contribution < 1.29 is 0 Å². The summed E-state index contributed by atoms with van der Waals surface area (Å²) in [6.45, 7) is 2.14. The first-order chi connectivity index (χ1) is 8.84. The second kappa shape index (κ2) is 3.63. The quantitative estimate of drug-likeness (QED) is 0.818. The van der Waals surface area contributed by atoms with Gasteiger partial charge in [-0.05, 0) is 54.7 Å². The Balaban J connectivity index is 1.62. The Morgan fingerprint density at radius 3 is 2.94 bits per heavy atom. The van der Waals surface area contributed by atoms with Crippen LogP contribution >= 0.6 is 0 Å². The van der Waals surface area contributed by atoms with E-state index >= 15 is 0 Å². The highest BCUT2D eigenvalue weighted by atomic mass is 15.5. The first kappa shape index (κ1) is 10.2. The molecule has 0 aromatic carbocycles. The fourth-order valence-corrected chi connectivity index (χ4v) is 3.30. The summed E-state index contributed by atoms with van der Waals surface area (Å²) in [5.41, 5.74) is 5.26. The molecule has 0 radical (unpaired) electrons. The van der Waals surface area contributed by atoms with Crippen LogP contribution in [0, 0.1) is 23.7 Å². The van der Waals surface area contributed by atoms with Gasteiger partial charge >= 0.3 is 0 Å². The number of hydrazone groups is 1. The van der Waals surface area contributed by atoms with Gasteiger partial charge in [0, 0.05) is 12.1 Å². The number of tetrazole rings is 1. The molecule has 2 saturated carbocycles. The van der Waals surface area contributed by atoms with Gasteiger partial charge in [0.05, 0.1) is 0 Å². The summed E-state index contributed by atoms with van der Waals surface area (Å²) in [4.78, 5) is 0. The lowest BCUT2D eigenvalue weighted by Crippen LogP contribution is -2.11. The molecule has 3 aliphatic rings. The molecule has 0 spiro atoms. The van der Waals surface area contributed by atoms with Gasteiger partial charge in [-0.25, -0.2) is 0 Å². The van der Waals surface area contributed by atoms with Gasteiger partial charge < -0.3 is 0 Å². The van der Waals surface area contributed by atoms with Crippen LogP contribution in [0.3, 0.4) is 0 Å². The Bertz CT molecular complexity index is 513. The van der Waals surface area contributed by atoms with E-state index < -0.39 is 0 Å². The van der Waals surface area contributed by atoms with Crippen LogP contribution in [0.5, 0.6) is 0 Å². The molecule has 3 unspecified atom stereocenters.